The molecular weight excluding hydrogens is 581 g/mol. The van der Waals surface area contributed by atoms with Crippen molar-refractivity contribution in [3.05, 3.63) is 140 Å². The fourth-order valence-electron chi connectivity index (χ4n) is 5.56. The second kappa shape index (κ2) is 14.1. The quantitative estimate of drug-likeness (QED) is 0.146. The van der Waals surface area contributed by atoms with Crippen LogP contribution < -0.4 is 0 Å². The molecule has 0 bridgehead atoms. The topological polar surface area (TPSA) is 17.1 Å². The lowest BCUT2D eigenvalue weighted by Gasteiger charge is -2.25. The van der Waals surface area contributed by atoms with Gasteiger partial charge in [-0.15, -0.1) is 0 Å². The molecule has 0 amide bonds. The third-order valence-corrected chi connectivity index (χ3v) is 8.89. The van der Waals surface area contributed by atoms with E-state index in [0.717, 1.165) is 28.5 Å². The first-order chi connectivity index (χ1) is 22.2. The van der Waals surface area contributed by atoms with Gasteiger partial charge in [-0.05, 0) is 95.5 Å². The van der Waals surface area contributed by atoms with Crippen LogP contribution in [0.1, 0.15) is 149 Å². The summed E-state index contributed by atoms with van der Waals surface area (Å²) in [5.74, 6) is 0. The minimum atomic E-state index is 0.0570. The molecule has 0 spiro atoms. The van der Waals surface area contributed by atoms with Gasteiger partial charge in [0.1, 0.15) is 0 Å². The standard InChI is InChI=1S/C47H56O/c1-44(2,3)40-26-36(27-41(30-40)45(4,5)6)19-17-33-23-34(25-35(24-33)21-22-38-15-13-14-16-39(38)32-48)18-20-37-28-42(46(7,8)9)31-43(29-37)47(10,11)12/h13-32H,1-12H3. The van der Waals surface area contributed by atoms with Gasteiger partial charge in [-0.3, -0.25) is 4.79 Å². The summed E-state index contributed by atoms with van der Waals surface area (Å²) in [5, 5.41) is 0. The van der Waals surface area contributed by atoms with Crippen LogP contribution in [-0.2, 0) is 21.7 Å². The van der Waals surface area contributed by atoms with Crippen molar-refractivity contribution >= 4 is 42.7 Å². The molecule has 0 heterocycles. The maximum Gasteiger partial charge on any atom is 0.150 e. The van der Waals surface area contributed by atoms with Crippen molar-refractivity contribution in [1.29, 1.82) is 0 Å². The van der Waals surface area contributed by atoms with Gasteiger partial charge in [-0.1, -0.05) is 180 Å². The van der Waals surface area contributed by atoms with E-state index in [9.17, 15) is 4.79 Å². The third kappa shape index (κ3) is 9.89. The summed E-state index contributed by atoms with van der Waals surface area (Å²) in [6.45, 7) is 27.3. The average molecular weight is 637 g/mol. The first kappa shape index (κ1) is 36.6. The van der Waals surface area contributed by atoms with E-state index in [1.807, 2.05) is 30.3 Å². The highest BCUT2D eigenvalue weighted by Crippen LogP contribution is 2.33. The van der Waals surface area contributed by atoms with Crippen molar-refractivity contribution in [2.24, 2.45) is 0 Å². The molecular formula is C47H56O. The maximum absolute atomic E-state index is 11.7. The van der Waals surface area contributed by atoms with Gasteiger partial charge >= 0.3 is 0 Å². The number of hydrogen-bond donors (Lipinski definition) is 0. The minimum Gasteiger partial charge on any atom is -0.298 e. The minimum absolute atomic E-state index is 0.0570. The van der Waals surface area contributed by atoms with Crippen LogP contribution in [0.25, 0.3) is 36.5 Å². The van der Waals surface area contributed by atoms with E-state index in [4.69, 9.17) is 0 Å². The van der Waals surface area contributed by atoms with Crippen molar-refractivity contribution in [2.75, 3.05) is 0 Å². The smallest absolute Gasteiger partial charge is 0.150 e. The molecule has 1 nitrogen and oxygen atoms in total. The predicted molar refractivity (Wildman–Crippen MR) is 213 cm³/mol. The molecule has 0 saturated heterocycles. The van der Waals surface area contributed by atoms with Gasteiger partial charge in [0.15, 0.2) is 6.29 Å². The van der Waals surface area contributed by atoms with Crippen LogP contribution in [0.5, 0.6) is 0 Å². The molecule has 0 aliphatic heterocycles. The fourth-order valence-corrected chi connectivity index (χ4v) is 5.56. The summed E-state index contributed by atoms with van der Waals surface area (Å²) < 4.78 is 0. The molecule has 4 rings (SSSR count). The Morgan fingerprint density at radius 2 is 0.625 bits per heavy atom. The van der Waals surface area contributed by atoms with E-state index in [1.54, 1.807) is 0 Å². The van der Waals surface area contributed by atoms with Crippen molar-refractivity contribution in [3.63, 3.8) is 0 Å². The monoisotopic (exact) mass is 636 g/mol. The summed E-state index contributed by atoms with van der Waals surface area (Å²) in [4.78, 5) is 11.7. The number of carbonyl (C=O) groups excluding carboxylic acids is 1. The molecule has 250 valence electrons. The van der Waals surface area contributed by atoms with Crippen molar-refractivity contribution in [3.8, 4) is 0 Å². The number of hydrogen-bond acceptors (Lipinski definition) is 1. The Labute approximate surface area is 291 Å². The van der Waals surface area contributed by atoms with Crippen molar-refractivity contribution in [1.82, 2.24) is 0 Å². The fraction of sp³-hybridized carbons (Fsp3) is 0.340. The molecule has 48 heavy (non-hydrogen) atoms. The van der Waals surface area contributed by atoms with E-state index in [0.29, 0.717) is 5.56 Å². The molecule has 0 N–H and O–H groups in total. The molecule has 4 aromatic rings. The SMILES string of the molecule is CC(C)(C)c1cc(C=Cc2cc(C=Cc3cc(C(C)(C)C)cc(C(C)(C)C)c3)cc(C=Cc3ccccc3C=O)c2)cc(C(C)(C)C)c1. The molecule has 4 aromatic carbocycles. The summed E-state index contributed by atoms with van der Waals surface area (Å²) in [6.07, 6.45) is 14.0. The van der Waals surface area contributed by atoms with Gasteiger partial charge in [0.2, 0.25) is 0 Å². The molecule has 0 aromatic heterocycles. The highest BCUT2D eigenvalue weighted by Gasteiger charge is 2.21. The predicted octanol–water partition coefficient (Wildman–Crippen LogP) is 13.2. The van der Waals surface area contributed by atoms with Crippen LogP contribution in [-0.4, -0.2) is 6.29 Å². The molecule has 0 fully saturated rings. The lowest BCUT2D eigenvalue weighted by atomic mass is 9.79. The van der Waals surface area contributed by atoms with Crippen LogP contribution in [0.3, 0.4) is 0 Å². The van der Waals surface area contributed by atoms with E-state index in [1.165, 1.54) is 33.4 Å². The summed E-state index contributed by atoms with van der Waals surface area (Å²) in [7, 11) is 0. The van der Waals surface area contributed by atoms with Crippen LogP contribution >= 0.6 is 0 Å². The number of benzene rings is 4. The summed E-state index contributed by atoms with van der Waals surface area (Å²) in [6, 6.07) is 28.4. The second-order valence-electron chi connectivity index (χ2n) is 17.4. The maximum atomic E-state index is 11.7. The van der Waals surface area contributed by atoms with Gasteiger partial charge in [-0.2, -0.15) is 0 Å². The first-order valence-electron chi connectivity index (χ1n) is 17.3. The molecule has 0 unspecified atom stereocenters. The zero-order chi connectivity index (χ0) is 35.5. The summed E-state index contributed by atoms with van der Waals surface area (Å²) in [5.41, 5.74) is 12.9. The highest BCUT2D eigenvalue weighted by atomic mass is 16.1. The Balaban J connectivity index is 1.82. The molecule has 0 aliphatic rings. The van der Waals surface area contributed by atoms with Gasteiger partial charge in [0.05, 0.1) is 0 Å². The molecule has 1 heteroatoms. The number of rotatable bonds is 7. The molecule has 0 atom stereocenters. The number of carbonyl (C=O) groups is 1. The third-order valence-electron chi connectivity index (χ3n) is 8.89. The average Bonchev–Trinajstić information content (AvgIpc) is 3.00. The Bertz CT molecular complexity index is 1680. The van der Waals surface area contributed by atoms with Gasteiger partial charge in [-0.25, -0.2) is 0 Å². The van der Waals surface area contributed by atoms with E-state index < -0.39 is 0 Å². The van der Waals surface area contributed by atoms with Crippen LogP contribution in [0.4, 0.5) is 0 Å². The Hall–Kier alpha value is -4.23. The van der Waals surface area contributed by atoms with Gasteiger partial charge in [0, 0.05) is 5.56 Å². The van der Waals surface area contributed by atoms with Crippen molar-refractivity contribution in [2.45, 2.75) is 105 Å². The van der Waals surface area contributed by atoms with Crippen molar-refractivity contribution < 1.29 is 4.79 Å². The van der Waals surface area contributed by atoms with Crippen LogP contribution in [0, 0.1) is 0 Å². The molecule has 0 aliphatic carbocycles. The molecule has 0 radical (unpaired) electrons. The van der Waals surface area contributed by atoms with E-state index in [-0.39, 0.29) is 21.7 Å². The second-order valence-corrected chi connectivity index (χ2v) is 17.4. The molecule has 0 saturated carbocycles. The van der Waals surface area contributed by atoms with Gasteiger partial charge < -0.3 is 0 Å². The van der Waals surface area contributed by atoms with Crippen LogP contribution in [0.15, 0.2) is 78.9 Å². The summed E-state index contributed by atoms with van der Waals surface area (Å²) >= 11 is 0. The lowest BCUT2D eigenvalue weighted by molar-refractivity contribution is 0.112. The van der Waals surface area contributed by atoms with E-state index in [2.05, 4.69) is 168 Å². The first-order valence-corrected chi connectivity index (χ1v) is 17.3. The zero-order valence-electron chi connectivity index (χ0n) is 31.5. The Morgan fingerprint density at radius 1 is 0.354 bits per heavy atom. The largest absolute Gasteiger partial charge is 0.298 e. The Morgan fingerprint density at radius 3 is 0.917 bits per heavy atom. The van der Waals surface area contributed by atoms with Gasteiger partial charge in [0.25, 0.3) is 0 Å². The number of aldehydes is 1. The zero-order valence-corrected chi connectivity index (χ0v) is 31.5. The van der Waals surface area contributed by atoms with Crippen LogP contribution in [0.2, 0.25) is 0 Å². The highest BCUT2D eigenvalue weighted by molar-refractivity contribution is 5.86. The lowest BCUT2D eigenvalue weighted by Crippen LogP contribution is -2.16. The Kier molecular flexibility index (Phi) is 10.7. The van der Waals surface area contributed by atoms with E-state index >= 15 is 0 Å². The normalized spacial score (nSPS) is 13.2.